The summed E-state index contributed by atoms with van der Waals surface area (Å²) in [6, 6.07) is 0.296. The van der Waals surface area contributed by atoms with Gasteiger partial charge in [0, 0.05) is 37.8 Å². The SMILES string of the molecule is CCCCCN(CCC(=O)N(C(C)C)C(C)C)C(=O)c1cnc(C)cn1. The van der Waals surface area contributed by atoms with Crippen LogP contribution >= 0.6 is 0 Å². The third-order valence-corrected chi connectivity index (χ3v) is 4.32. The van der Waals surface area contributed by atoms with Crippen LogP contribution in [0.25, 0.3) is 0 Å². The van der Waals surface area contributed by atoms with Gasteiger partial charge in [0.1, 0.15) is 5.69 Å². The zero-order valence-corrected chi connectivity index (χ0v) is 17.2. The van der Waals surface area contributed by atoms with Gasteiger partial charge in [-0.15, -0.1) is 0 Å². The second-order valence-electron chi connectivity index (χ2n) is 7.28. The molecule has 0 aliphatic rings. The summed E-state index contributed by atoms with van der Waals surface area (Å²) in [7, 11) is 0. The number of hydrogen-bond acceptors (Lipinski definition) is 4. The van der Waals surface area contributed by atoms with E-state index in [2.05, 4.69) is 16.9 Å². The molecule has 0 aliphatic carbocycles. The number of aryl methyl sites for hydroxylation is 1. The average Bonchev–Trinajstić information content (AvgIpc) is 2.57. The first-order valence-electron chi connectivity index (χ1n) is 9.67. The minimum Gasteiger partial charge on any atom is -0.338 e. The predicted molar refractivity (Wildman–Crippen MR) is 104 cm³/mol. The van der Waals surface area contributed by atoms with E-state index >= 15 is 0 Å². The second kappa shape index (κ2) is 10.9. The van der Waals surface area contributed by atoms with Crippen LogP contribution in [-0.2, 0) is 4.79 Å². The lowest BCUT2D eigenvalue weighted by Gasteiger charge is -2.32. The van der Waals surface area contributed by atoms with Gasteiger partial charge in [0.25, 0.3) is 5.91 Å². The van der Waals surface area contributed by atoms with Crippen molar-refractivity contribution in [2.45, 2.75) is 79.3 Å². The molecule has 0 bridgehead atoms. The summed E-state index contributed by atoms with van der Waals surface area (Å²) in [5.74, 6) is -0.0691. The van der Waals surface area contributed by atoms with E-state index in [9.17, 15) is 9.59 Å². The van der Waals surface area contributed by atoms with Gasteiger partial charge in [0.15, 0.2) is 0 Å². The van der Waals surface area contributed by atoms with Gasteiger partial charge in [-0.25, -0.2) is 4.98 Å². The topological polar surface area (TPSA) is 66.4 Å². The lowest BCUT2D eigenvalue weighted by Crippen LogP contribution is -2.44. The molecule has 146 valence electrons. The van der Waals surface area contributed by atoms with Crippen LogP contribution in [0.1, 0.15) is 76.5 Å². The Kier molecular flexibility index (Phi) is 9.24. The van der Waals surface area contributed by atoms with Gasteiger partial charge in [0.05, 0.1) is 11.9 Å². The van der Waals surface area contributed by atoms with Crippen molar-refractivity contribution >= 4 is 11.8 Å². The summed E-state index contributed by atoms with van der Waals surface area (Å²) in [5.41, 5.74) is 1.11. The molecule has 1 rings (SSSR count). The maximum absolute atomic E-state index is 12.8. The molecule has 2 amide bonds. The standard InChI is InChI=1S/C20H34N4O2/c1-7-8-9-11-23(20(26)18-14-21-17(6)13-22-18)12-10-19(25)24(15(2)3)16(4)5/h13-16H,7-12H2,1-6H3. The maximum atomic E-state index is 12.8. The molecule has 0 aromatic carbocycles. The molecule has 6 nitrogen and oxygen atoms in total. The maximum Gasteiger partial charge on any atom is 0.274 e. The zero-order valence-electron chi connectivity index (χ0n) is 17.2. The van der Waals surface area contributed by atoms with E-state index in [1.165, 1.54) is 6.20 Å². The molecule has 0 unspecified atom stereocenters. The third-order valence-electron chi connectivity index (χ3n) is 4.32. The Balaban J connectivity index is 2.81. The van der Waals surface area contributed by atoms with Crippen molar-refractivity contribution in [3.63, 3.8) is 0 Å². The number of nitrogens with zero attached hydrogens (tertiary/aromatic N) is 4. The summed E-state index contributed by atoms with van der Waals surface area (Å²) in [5, 5.41) is 0. The molecule has 1 heterocycles. The largest absolute Gasteiger partial charge is 0.338 e. The van der Waals surface area contributed by atoms with Crippen LogP contribution in [0.4, 0.5) is 0 Å². The molecule has 0 aliphatic heterocycles. The van der Waals surface area contributed by atoms with Crippen molar-refractivity contribution in [2.24, 2.45) is 0 Å². The van der Waals surface area contributed by atoms with Gasteiger partial charge >= 0.3 is 0 Å². The summed E-state index contributed by atoms with van der Waals surface area (Å²) in [6.07, 6.45) is 6.51. The molecular weight excluding hydrogens is 328 g/mol. The van der Waals surface area contributed by atoms with E-state index in [0.717, 1.165) is 25.0 Å². The number of aromatic nitrogens is 2. The molecular formula is C20H34N4O2. The highest BCUT2D eigenvalue weighted by Crippen LogP contribution is 2.10. The lowest BCUT2D eigenvalue weighted by molar-refractivity contribution is -0.134. The summed E-state index contributed by atoms with van der Waals surface area (Å²) >= 11 is 0. The predicted octanol–water partition coefficient (Wildman–Crippen LogP) is 3.45. The summed E-state index contributed by atoms with van der Waals surface area (Å²) in [4.78, 5) is 37.4. The van der Waals surface area contributed by atoms with Crippen LogP contribution in [0.15, 0.2) is 12.4 Å². The fourth-order valence-corrected chi connectivity index (χ4v) is 3.06. The molecule has 1 aromatic heterocycles. The van der Waals surface area contributed by atoms with Crippen molar-refractivity contribution in [3.05, 3.63) is 23.8 Å². The Morgan fingerprint density at radius 2 is 1.65 bits per heavy atom. The first kappa shape index (κ1) is 22.1. The molecule has 1 aromatic rings. The van der Waals surface area contributed by atoms with Crippen LogP contribution < -0.4 is 0 Å². The number of carbonyl (C=O) groups excluding carboxylic acids is 2. The van der Waals surface area contributed by atoms with Gasteiger partial charge in [-0.3, -0.25) is 14.6 Å². The van der Waals surface area contributed by atoms with E-state index in [1.54, 1.807) is 11.1 Å². The van der Waals surface area contributed by atoms with Gasteiger partial charge in [-0.2, -0.15) is 0 Å². The van der Waals surface area contributed by atoms with E-state index in [-0.39, 0.29) is 23.9 Å². The van der Waals surface area contributed by atoms with Crippen molar-refractivity contribution < 1.29 is 9.59 Å². The van der Waals surface area contributed by atoms with E-state index in [4.69, 9.17) is 0 Å². The van der Waals surface area contributed by atoms with Gasteiger partial charge in [-0.05, 0) is 41.0 Å². The first-order valence-corrected chi connectivity index (χ1v) is 9.67. The Morgan fingerprint density at radius 1 is 1.00 bits per heavy atom. The fraction of sp³-hybridized carbons (Fsp3) is 0.700. The van der Waals surface area contributed by atoms with E-state index in [0.29, 0.717) is 25.2 Å². The highest BCUT2D eigenvalue weighted by molar-refractivity contribution is 5.92. The van der Waals surface area contributed by atoms with Crippen molar-refractivity contribution in [1.29, 1.82) is 0 Å². The number of unbranched alkanes of at least 4 members (excludes halogenated alkanes) is 2. The molecule has 0 saturated heterocycles. The number of carbonyl (C=O) groups is 2. The second-order valence-corrected chi connectivity index (χ2v) is 7.28. The molecule has 0 radical (unpaired) electrons. The number of rotatable bonds is 10. The highest BCUT2D eigenvalue weighted by atomic mass is 16.2. The lowest BCUT2D eigenvalue weighted by atomic mass is 10.2. The minimum absolute atomic E-state index is 0.0817. The van der Waals surface area contributed by atoms with Crippen LogP contribution in [0, 0.1) is 6.92 Å². The van der Waals surface area contributed by atoms with Gasteiger partial charge in [0.2, 0.25) is 5.91 Å². The minimum atomic E-state index is -0.151. The van der Waals surface area contributed by atoms with Crippen LogP contribution in [-0.4, -0.2) is 56.8 Å². The van der Waals surface area contributed by atoms with Gasteiger partial charge in [-0.1, -0.05) is 19.8 Å². The fourth-order valence-electron chi connectivity index (χ4n) is 3.06. The summed E-state index contributed by atoms with van der Waals surface area (Å²) < 4.78 is 0. The van der Waals surface area contributed by atoms with E-state index < -0.39 is 0 Å². The van der Waals surface area contributed by atoms with E-state index in [1.807, 2.05) is 39.5 Å². The normalized spacial score (nSPS) is 11.1. The molecule has 0 spiro atoms. The monoisotopic (exact) mass is 362 g/mol. The molecule has 0 atom stereocenters. The smallest absolute Gasteiger partial charge is 0.274 e. The van der Waals surface area contributed by atoms with Crippen molar-refractivity contribution in [2.75, 3.05) is 13.1 Å². The van der Waals surface area contributed by atoms with Crippen LogP contribution in [0.2, 0.25) is 0 Å². The van der Waals surface area contributed by atoms with Crippen LogP contribution in [0.3, 0.4) is 0 Å². The first-order chi connectivity index (χ1) is 12.3. The zero-order chi connectivity index (χ0) is 19.7. The molecule has 0 N–H and O–H groups in total. The Hall–Kier alpha value is -1.98. The Labute approximate surface area is 158 Å². The molecule has 6 heteroatoms. The average molecular weight is 363 g/mol. The molecule has 26 heavy (non-hydrogen) atoms. The van der Waals surface area contributed by atoms with Gasteiger partial charge < -0.3 is 9.80 Å². The number of hydrogen-bond donors (Lipinski definition) is 0. The van der Waals surface area contributed by atoms with Crippen molar-refractivity contribution in [1.82, 2.24) is 19.8 Å². The highest BCUT2D eigenvalue weighted by Gasteiger charge is 2.23. The molecule has 0 saturated carbocycles. The molecule has 0 fully saturated rings. The van der Waals surface area contributed by atoms with Crippen LogP contribution in [0.5, 0.6) is 0 Å². The third kappa shape index (κ3) is 6.73. The Bertz CT molecular complexity index is 562. The quantitative estimate of drug-likeness (QED) is 0.598. The summed E-state index contributed by atoms with van der Waals surface area (Å²) in [6.45, 7) is 13.1. The number of amides is 2. The van der Waals surface area contributed by atoms with Crippen molar-refractivity contribution in [3.8, 4) is 0 Å². The Morgan fingerprint density at radius 3 is 2.15 bits per heavy atom.